The zero-order valence-electron chi connectivity index (χ0n) is 12.6. The highest BCUT2D eigenvalue weighted by atomic mass is 32.1. The highest BCUT2D eigenvalue weighted by Crippen LogP contribution is 2.21. The molecule has 0 unspecified atom stereocenters. The molecule has 0 aliphatic heterocycles. The molecule has 0 aromatic carbocycles. The molecule has 1 N–H and O–H groups in total. The van der Waals surface area contributed by atoms with Crippen LogP contribution in [0.4, 0.5) is 0 Å². The summed E-state index contributed by atoms with van der Waals surface area (Å²) in [4.78, 5) is 9.09. The van der Waals surface area contributed by atoms with Crippen LogP contribution < -0.4 is 5.32 Å². The van der Waals surface area contributed by atoms with E-state index in [0.717, 1.165) is 29.4 Å². The van der Waals surface area contributed by atoms with Crippen LogP contribution in [0.1, 0.15) is 30.1 Å². The van der Waals surface area contributed by atoms with Crippen molar-refractivity contribution in [3.8, 4) is 0 Å². The van der Waals surface area contributed by atoms with Gasteiger partial charge >= 0.3 is 0 Å². The van der Waals surface area contributed by atoms with E-state index in [1.54, 1.807) is 11.3 Å². The molecule has 3 rings (SSSR count). The van der Waals surface area contributed by atoms with E-state index in [0.29, 0.717) is 6.04 Å². The lowest BCUT2D eigenvalue weighted by atomic mass is 10.2. The Hall–Kier alpha value is -1.72. The number of hydrogen-bond donors (Lipinski definition) is 1. The van der Waals surface area contributed by atoms with Gasteiger partial charge < -0.3 is 9.88 Å². The van der Waals surface area contributed by atoms with Crippen molar-refractivity contribution in [1.82, 2.24) is 19.9 Å². The molecule has 4 nitrogen and oxygen atoms in total. The summed E-state index contributed by atoms with van der Waals surface area (Å²) in [5.41, 5.74) is 3.42. The topological polar surface area (TPSA) is 42.7 Å². The molecule has 110 valence electrons. The Bertz CT molecular complexity index is 742. The fraction of sp³-hybridized carbons (Fsp3) is 0.375. The predicted molar refractivity (Wildman–Crippen MR) is 87.7 cm³/mol. The number of pyridine rings is 1. The summed E-state index contributed by atoms with van der Waals surface area (Å²) in [6.45, 7) is 8.01. The molecule has 3 heterocycles. The third-order valence-electron chi connectivity index (χ3n) is 3.42. The van der Waals surface area contributed by atoms with Crippen LogP contribution in [0.5, 0.6) is 0 Å². The number of nitrogens with zero attached hydrogens (tertiary/aromatic N) is 3. The number of aromatic nitrogens is 3. The minimum Gasteiger partial charge on any atom is -0.326 e. The lowest BCUT2D eigenvalue weighted by Crippen LogP contribution is -2.21. The molecule has 3 aromatic heterocycles. The number of aryl methyl sites for hydroxylation is 1. The summed E-state index contributed by atoms with van der Waals surface area (Å²) < 4.78 is 2.20. The van der Waals surface area contributed by atoms with Gasteiger partial charge in [-0.1, -0.05) is 13.8 Å². The molecule has 0 atom stereocenters. The van der Waals surface area contributed by atoms with Gasteiger partial charge in [-0.25, -0.2) is 9.97 Å². The summed E-state index contributed by atoms with van der Waals surface area (Å²) in [7, 11) is 0. The van der Waals surface area contributed by atoms with Gasteiger partial charge in [-0.2, -0.15) is 0 Å². The average molecular weight is 300 g/mol. The Morgan fingerprint density at radius 2 is 2.24 bits per heavy atom. The highest BCUT2D eigenvalue weighted by molar-refractivity contribution is 7.09. The van der Waals surface area contributed by atoms with E-state index in [4.69, 9.17) is 0 Å². The molecular weight excluding hydrogens is 280 g/mol. The third kappa shape index (κ3) is 3.14. The van der Waals surface area contributed by atoms with Crippen LogP contribution in [0, 0.1) is 6.92 Å². The first-order valence-corrected chi connectivity index (χ1v) is 8.08. The van der Waals surface area contributed by atoms with Crippen LogP contribution in [-0.4, -0.2) is 20.6 Å². The zero-order chi connectivity index (χ0) is 14.8. The van der Waals surface area contributed by atoms with Gasteiger partial charge in [-0.3, -0.25) is 0 Å². The van der Waals surface area contributed by atoms with E-state index >= 15 is 0 Å². The van der Waals surface area contributed by atoms with E-state index in [-0.39, 0.29) is 0 Å². The van der Waals surface area contributed by atoms with Crippen molar-refractivity contribution in [2.24, 2.45) is 0 Å². The average Bonchev–Trinajstić information content (AvgIpc) is 3.02. The monoisotopic (exact) mass is 300 g/mol. The fourth-order valence-corrected chi connectivity index (χ4v) is 3.03. The molecule has 3 aromatic rings. The highest BCUT2D eigenvalue weighted by Gasteiger charge is 2.10. The fourth-order valence-electron chi connectivity index (χ4n) is 2.43. The zero-order valence-corrected chi connectivity index (χ0v) is 13.4. The second kappa shape index (κ2) is 5.95. The van der Waals surface area contributed by atoms with Crippen molar-refractivity contribution in [3.63, 3.8) is 0 Å². The molecule has 0 fully saturated rings. The Balaban J connectivity index is 1.94. The van der Waals surface area contributed by atoms with Crippen LogP contribution in [0.3, 0.4) is 0 Å². The Morgan fingerprint density at radius 3 is 2.95 bits per heavy atom. The van der Waals surface area contributed by atoms with Crippen molar-refractivity contribution >= 4 is 22.4 Å². The number of nitrogens with one attached hydrogen (secondary N) is 1. The molecule has 0 aliphatic carbocycles. The maximum atomic E-state index is 4.55. The first-order valence-electron chi connectivity index (χ1n) is 7.20. The summed E-state index contributed by atoms with van der Waals surface area (Å²) >= 11 is 1.69. The predicted octanol–water partition coefficient (Wildman–Crippen LogP) is 3.35. The summed E-state index contributed by atoms with van der Waals surface area (Å²) in [6, 6.07) is 4.61. The SMILES string of the molecule is Cc1nc(Cn2cc(CNC(C)C)c3cccnc32)cs1. The Morgan fingerprint density at radius 1 is 1.38 bits per heavy atom. The van der Waals surface area contributed by atoms with Crippen molar-refractivity contribution in [1.29, 1.82) is 0 Å². The van der Waals surface area contributed by atoms with E-state index in [9.17, 15) is 0 Å². The van der Waals surface area contributed by atoms with Gasteiger partial charge in [-0.05, 0) is 24.6 Å². The van der Waals surface area contributed by atoms with E-state index < -0.39 is 0 Å². The molecule has 0 aliphatic rings. The largest absolute Gasteiger partial charge is 0.326 e. The second-order valence-corrected chi connectivity index (χ2v) is 6.61. The minimum absolute atomic E-state index is 0.473. The molecule has 0 amide bonds. The Kier molecular flexibility index (Phi) is 4.03. The van der Waals surface area contributed by atoms with Gasteiger partial charge in [0.05, 0.1) is 17.2 Å². The van der Waals surface area contributed by atoms with Crippen molar-refractivity contribution in [2.45, 2.75) is 39.9 Å². The van der Waals surface area contributed by atoms with E-state index in [1.807, 2.05) is 19.2 Å². The van der Waals surface area contributed by atoms with Crippen LogP contribution in [0.2, 0.25) is 0 Å². The van der Waals surface area contributed by atoms with E-state index in [2.05, 4.69) is 51.3 Å². The second-order valence-electron chi connectivity index (χ2n) is 5.55. The molecule has 0 bridgehead atoms. The van der Waals surface area contributed by atoms with Gasteiger partial charge in [0.25, 0.3) is 0 Å². The van der Waals surface area contributed by atoms with Gasteiger partial charge in [0.15, 0.2) is 0 Å². The van der Waals surface area contributed by atoms with Gasteiger partial charge in [0.2, 0.25) is 0 Å². The maximum Gasteiger partial charge on any atom is 0.140 e. The molecule has 0 saturated heterocycles. The molecule has 0 spiro atoms. The van der Waals surface area contributed by atoms with Crippen molar-refractivity contribution in [3.05, 3.63) is 46.2 Å². The molecule has 21 heavy (non-hydrogen) atoms. The molecule has 0 radical (unpaired) electrons. The van der Waals surface area contributed by atoms with E-state index in [1.165, 1.54) is 10.9 Å². The van der Waals surface area contributed by atoms with Crippen LogP contribution >= 0.6 is 11.3 Å². The number of rotatable bonds is 5. The number of fused-ring (bicyclic) bond motifs is 1. The summed E-state index contributed by atoms with van der Waals surface area (Å²) in [6.07, 6.45) is 4.05. The molecule has 0 saturated carbocycles. The summed E-state index contributed by atoms with van der Waals surface area (Å²) in [5.74, 6) is 0. The van der Waals surface area contributed by atoms with Crippen LogP contribution in [0.15, 0.2) is 29.9 Å². The Labute approximate surface area is 128 Å². The first kappa shape index (κ1) is 14.2. The lowest BCUT2D eigenvalue weighted by molar-refractivity contribution is 0.589. The van der Waals surface area contributed by atoms with Crippen molar-refractivity contribution in [2.75, 3.05) is 0 Å². The molecule has 5 heteroatoms. The summed E-state index contributed by atoms with van der Waals surface area (Å²) in [5, 5.41) is 7.93. The lowest BCUT2D eigenvalue weighted by Gasteiger charge is -2.06. The van der Waals surface area contributed by atoms with Gasteiger partial charge in [-0.15, -0.1) is 11.3 Å². The molecular formula is C16H20N4S. The third-order valence-corrected chi connectivity index (χ3v) is 4.24. The standard InChI is InChI=1S/C16H20N4S/c1-11(2)18-7-13-8-20(9-14-10-21-12(3)19-14)16-15(13)5-4-6-17-16/h4-6,8,10-11,18H,7,9H2,1-3H3. The maximum absolute atomic E-state index is 4.55. The minimum atomic E-state index is 0.473. The van der Waals surface area contributed by atoms with Gasteiger partial charge in [0.1, 0.15) is 5.65 Å². The van der Waals surface area contributed by atoms with Crippen molar-refractivity contribution < 1.29 is 0 Å². The van der Waals surface area contributed by atoms with Crippen LogP contribution in [-0.2, 0) is 13.1 Å². The number of thiazole rings is 1. The van der Waals surface area contributed by atoms with Gasteiger partial charge in [0, 0.05) is 35.7 Å². The normalized spacial score (nSPS) is 11.6. The van der Waals surface area contributed by atoms with Crippen LogP contribution in [0.25, 0.3) is 11.0 Å². The smallest absolute Gasteiger partial charge is 0.140 e. The quantitative estimate of drug-likeness (QED) is 0.786. The number of hydrogen-bond acceptors (Lipinski definition) is 4. The first-order chi connectivity index (χ1) is 10.1.